The first kappa shape index (κ1) is 81.6. The molecule has 111 heavy (non-hydrogen) atoms. The van der Waals surface area contributed by atoms with Crippen LogP contribution < -0.4 is 16.0 Å². The zero-order valence-corrected chi connectivity index (χ0v) is 68.3. The Balaban J connectivity index is 0.548. The Morgan fingerprint density at radius 2 is 0.721 bits per heavy atom. The van der Waals surface area contributed by atoms with Crippen molar-refractivity contribution in [3.63, 3.8) is 0 Å². The normalized spacial score (nSPS) is 44.4. The molecule has 12 aliphatic rings. The molecule has 12 saturated carbocycles. The molecule has 25 nitrogen and oxygen atoms in total. The van der Waals surface area contributed by atoms with Crippen molar-refractivity contribution in [1.82, 2.24) is 65.8 Å². The van der Waals surface area contributed by atoms with Crippen LogP contribution in [0.15, 0.2) is 18.6 Å². The van der Waals surface area contributed by atoms with E-state index in [0.717, 1.165) is 116 Å². The van der Waals surface area contributed by atoms with E-state index < -0.39 is 42.0 Å². The summed E-state index contributed by atoms with van der Waals surface area (Å²) in [6, 6.07) is 0.487. The average Bonchev–Trinajstić information content (AvgIpc) is 1.67. The summed E-state index contributed by atoms with van der Waals surface area (Å²) in [5, 5.41) is 138. The molecule has 33 atom stereocenters. The van der Waals surface area contributed by atoms with Crippen molar-refractivity contribution in [3.8, 4) is 0 Å². The fraction of sp³-hybridized carbons (Fsp3) is 0.895. The molecule has 0 aromatic carbocycles. The predicted molar refractivity (Wildman–Crippen MR) is 415 cm³/mol. The van der Waals surface area contributed by atoms with E-state index in [9.17, 15) is 60.3 Å². The van der Waals surface area contributed by atoms with Gasteiger partial charge in [0.2, 0.25) is 17.7 Å². The second kappa shape index (κ2) is 32.0. The highest BCUT2D eigenvalue weighted by Gasteiger charge is 2.70. The predicted octanol–water partition coefficient (Wildman–Crippen LogP) is 8.62. The quantitative estimate of drug-likeness (QED) is 0.0334. The number of rotatable bonds is 26. The van der Waals surface area contributed by atoms with Crippen molar-refractivity contribution in [3.05, 3.63) is 35.7 Å². The summed E-state index contributed by atoms with van der Waals surface area (Å²) in [6.07, 6.45) is 23.9. The van der Waals surface area contributed by atoms with Gasteiger partial charge in [-0.15, -0.1) is 15.3 Å². The summed E-state index contributed by atoms with van der Waals surface area (Å²) in [7, 11) is 0. The summed E-state index contributed by atoms with van der Waals surface area (Å²) >= 11 is 0. The molecule has 12 N–H and O–H groups in total. The lowest BCUT2D eigenvalue weighted by Gasteiger charge is -2.63. The number of nitrogens with one attached hydrogen (secondary N) is 3. The minimum absolute atomic E-state index is 0.0147. The van der Waals surface area contributed by atoms with Gasteiger partial charge in [0.1, 0.15) is 17.1 Å². The zero-order chi connectivity index (χ0) is 78.6. The first-order chi connectivity index (χ1) is 53.0. The standard InChI is InChI=1S/C86H139N13O12/c1-48(60-13-16-63-78-66(38-72(106)84(60,63)7)81(4)25-22-57(32-51(81)35-69(78)103)97-41-54(44-100)90-93-97)10-19-75(109)87-28-30-96(47-89-77(111)21-12-50(3)62-15-18-65-80-68(40-74(108)86(62,65)9)83(6)27-24-59(34-53(83)37-71(80)105)99-43-56(46-102)92-95-99)31-29-88-76(110)20-11-49(2)61-14-17-64-79-67(39-73(107)85(61,64)8)82(5)26-23-58(33-52(82)36-70(79)104)98-42-55(45-101)91-94-98/h41-43,48-53,57-74,78-80,100-108H,10-40,44-47H2,1-9H3,(H,87,109)(H,88,110)(H,89,111)/t48-,49-,50-,51+,52+,53+,57-,58-,59-,60-,61-,62-,63+,64+,65+,66+,67+,68+,69-,70-,71-,72+,73+,74+,78+,79+,80+,81+,82+,83+,84-,85-,86-/m1/s1. The molecule has 0 aliphatic heterocycles. The molecule has 3 aromatic heterocycles. The van der Waals surface area contributed by atoms with E-state index in [2.05, 4.69) is 114 Å². The van der Waals surface area contributed by atoms with E-state index in [1.165, 1.54) is 0 Å². The smallest absolute Gasteiger partial charge is 0.221 e. The van der Waals surface area contributed by atoms with E-state index in [1.54, 1.807) is 0 Å². The Labute approximate surface area is 658 Å². The maximum absolute atomic E-state index is 14.2. The number of hydrogen-bond acceptors (Lipinski definition) is 19. The molecular weight excluding hydrogens is 1410 g/mol. The van der Waals surface area contributed by atoms with Crippen molar-refractivity contribution >= 4 is 17.7 Å². The van der Waals surface area contributed by atoms with Crippen molar-refractivity contribution < 1.29 is 60.3 Å². The van der Waals surface area contributed by atoms with Gasteiger partial charge >= 0.3 is 0 Å². The maximum Gasteiger partial charge on any atom is 0.221 e. The third kappa shape index (κ3) is 14.4. The van der Waals surface area contributed by atoms with Crippen LogP contribution in [0.1, 0.15) is 271 Å². The number of aliphatic hydroxyl groups excluding tert-OH is 9. The van der Waals surface area contributed by atoms with Crippen molar-refractivity contribution in [2.75, 3.05) is 32.8 Å². The van der Waals surface area contributed by atoms with Gasteiger partial charge in [0.05, 0.1) is 99.8 Å². The van der Waals surface area contributed by atoms with Crippen molar-refractivity contribution in [2.45, 2.75) is 310 Å². The second-order valence-electron chi connectivity index (χ2n) is 40.7. The van der Waals surface area contributed by atoms with Gasteiger partial charge in [-0.05, 0) is 293 Å². The van der Waals surface area contributed by atoms with Gasteiger partial charge in [-0.2, -0.15) is 0 Å². The van der Waals surface area contributed by atoms with E-state index in [-0.39, 0.29) is 196 Å². The van der Waals surface area contributed by atoms with Crippen LogP contribution in [0.5, 0.6) is 0 Å². The summed E-state index contributed by atoms with van der Waals surface area (Å²) < 4.78 is 5.72. The lowest BCUT2D eigenvalue weighted by molar-refractivity contribution is -0.204. The Bertz CT molecular complexity index is 3570. The zero-order valence-electron chi connectivity index (χ0n) is 68.3. The van der Waals surface area contributed by atoms with Gasteiger partial charge in [-0.25, -0.2) is 14.0 Å². The Morgan fingerprint density at radius 1 is 0.423 bits per heavy atom. The largest absolute Gasteiger partial charge is 0.393 e. The molecule has 0 saturated heterocycles. The highest BCUT2D eigenvalue weighted by molar-refractivity contribution is 5.76. The van der Waals surface area contributed by atoms with Gasteiger partial charge in [0.25, 0.3) is 0 Å². The lowest BCUT2D eigenvalue weighted by Crippen LogP contribution is -2.62. The minimum atomic E-state index is -0.525. The summed E-state index contributed by atoms with van der Waals surface area (Å²) in [4.78, 5) is 44.2. The molecule has 0 unspecified atom stereocenters. The molecule has 0 bridgehead atoms. The van der Waals surface area contributed by atoms with E-state index in [4.69, 9.17) is 0 Å². The van der Waals surface area contributed by atoms with Crippen LogP contribution in [0, 0.1) is 139 Å². The summed E-state index contributed by atoms with van der Waals surface area (Å²) in [5.74, 6) is 3.22. The van der Waals surface area contributed by atoms with Crippen LogP contribution in [0.2, 0.25) is 0 Å². The number of aromatic nitrogens is 9. The number of carbonyl (C=O) groups excluding carboxylic acids is 3. The van der Waals surface area contributed by atoms with Crippen LogP contribution in [0.4, 0.5) is 0 Å². The molecule has 12 fully saturated rings. The number of fused-ring (bicyclic) bond motifs is 15. The molecule has 3 heterocycles. The van der Waals surface area contributed by atoms with Gasteiger partial charge in [0.15, 0.2) is 0 Å². The third-order valence-electron chi connectivity index (χ3n) is 36.3. The van der Waals surface area contributed by atoms with Gasteiger partial charge in [-0.1, -0.05) is 78.0 Å². The van der Waals surface area contributed by atoms with Crippen LogP contribution in [-0.4, -0.2) is 183 Å². The average molecular weight is 1550 g/mol. The maximum atomic E-state index is 14.2. The fourth-order valence-electron chi connectivity index (χ4n) is 29.9. The first-order valence-corrected chi connectivity index (χ1v) is 44.1. The van der Waals surface area contributed by atoms with Crippen molar-refractivity contribution in [1.29, 1.82) is 0 Å². The topological polar surface area (TPSA) is 365 Å². The third-order valence-corrected chi connectivity index (χ3v) is 36.3. The van der Waals surface area contributed by atoms with Crippen LogP contribution in [0.25, 0.3) is 0 Å². The molecule has 25 heteroatoms. The Hall–Kier alpha value is -4.57. The molecular formula is C86H139N13O12. The number of aliphatic hydroxyl groups is 9. The van der Waals surface area contributed by atoms with Crippen LogP contribution in [0.3, 0.4) is 0 Å². The monoisotopic (exact) mass is 1550 g/mol. The van der Waals surface area contributed by atoms with Crippen LogP contribution in [-0.2, 0) is 34.2 Å². The highest BCUT2D eigenvalue weighted by atomic mass is 16.3. The summed E-state index contributed by atoms with van der Waals surface area (Å²) in [6.45, 7) is 22.1. The number of carbonyl (C=O) groups is 3. The lowest BCUT2D eigenvalue weighted by atomic mass is 9.43. The minimum Gasteiger partial charge on any atom is -0.393 e. The number of amides is 3. The molecule has 620 valence electrons. The molecule has 0 radical (unpaired) electrons. The fourth-order valence-corrected chi connectivity index (χ4v) is 29.9. The number of nitrogens with zero attached hydrogens (tertiary/aromatic N) is 10. The Kier molecular flexibility index (Phi) is 23.5. The molecule has 3 aromatic rings. The summed E-state index contributed by atoms with van der Waals surface area (Å²) in [5.41, 5.74) is 0.485. The Morgan fingerprint density at radius 3 is 1.01 bits per heavy atom. The van der Waals surface area contributed by atoms with E-state index in [1.807, 2.05) is 32.6 Å². The molecule has 3 amide bonds. The molecule has 12 aliphatic carbocycles. The van der Waals surface area contributed by atoms with Crippen molar-refractivity contribution in [2.24, 2.45) is 139 Å². The molecule has 15 rings (SSSR count). The number of hydrogen-bond donors (Lipinski definition) is 12. The second-order valence-corrected chi connectivity index (χ2v) is 40.7. The van der Waals surface area contributed by atoms with Crippen LogP contribution >= 0.6 is 0 Å². The van der Waals surface area contributed by atoms with Gasteiger partial charge in [-0.3, -0.25) is 19.3 Å². The van der Waals surface area contributed by atoms with Gasteiger partial charge < -0.3 is 61.9 Å². The molecule has 0 spiro atoms. The van der Waals surface area contributed by atoms with Gasteiger partial charge in [0, 0.05) is 45.4 Å². The SMILES string of the molecule is C[C@H](CCC(=O)NCCN(CCNC(=O)CC[C@@H](C)[C@H]1CC[C@H]2[C@@H]3[C@H](O)C[C@@H]4C[C@H](n5cc(CO)nn5)CC[C@]4(C)[C@H]3C[C@H](O)[C@]12C)CNC(=O)CC[C@@H](C)[C@H]1CC[C@H]2[C@@H]3[C@H](O)C[C@@H]4C[C@H](n5cc(CO)nn5)CC[C@]4(C)[C@H]3C[C@H](O)[C@]12C)[C@H]1CC[C@H]2[C@@H]3[C@H](O)C[C@@H]4C[C@H](n5cc(CO)nn5)CC[C@]4(C)[C@H]3C[C@H](O)[C@]12C. The van der Waals surface area contributed by atoms with E-state index in [0.29, 0.717) is 101 Å². The van der Waals surface area contributed by atoms with E-state index >= 15 is 0 Å². The highest BCUT2D eigenvalue weighted by Crippen LogP contribution is 2.73. The first-order valence-electron chi connectivity index (χ1n) is 44.1.